The molecule has 1 aliphatic carbocycles. The highest BCUT2D eigenvalue weighted by Gasteiger charge is 2.25. The zero-order valence-corrected chi connectivity index (χ0v) is 18.6. The molecule has 3 N–H and O–H groups in total. The lowest BCUT2D eigenvalue weighted by atomic mass is 9.98. The van der Waals surface area contributed by atoms with E-state index in [1.807, 2.05) is 13.8 Å². The molecule has 0 radical (unpaired) electrons. The highest BCUT2D eigenvalue weighted by atomic mass is 127. The molecular formula is C18H37IN4O2. The average Bonchev–Trinajstić information content (AvgIpc) is 3.10. The number of guanidine groups is 1. The number of carbonyl (C=O) groups is 1. The van der Waals surface area contributed by atoms with Crippen LogP contribution in [0.1, 0.15) is 52.9 Å². The van der Waals surface area contributed by atoms with Crippen LogP contribution < -0.4 is 16.0 Å². The minimum Gasteiger partial charge on any atom is -0.378 e. The van der Waals surface area contributed by atoms with Gasteiger partial charge in [0.2, 0.25) is 5.91 Å². The van der Waals surface area contributed by atoms with E-state index in [0.29, 0.717) is 25.1 Å². The number of nitrogens with zero attached hydrogens (tertiary/aromatic N) is 1. The van der Waals surface area contributed by atoms with Crippen molar-refractivity contribution < 1.29 is 9.53 Å². The van der Waals surface area contributed by atoms with Crippen molar-refractivity contribution in [1.82, 2.24) is 16.0 Å². The highest BCUT2D eigenvalue weighted by molar-refractivity contribution is 14.0. The Kier molecular flexibility index (Phi) is 14.3. The third-order valence-electron chi connectivity index (χ3n) is 4.49. The number of hydrogen-bond donors (Lipinski definition) is 3. The number of carbonyl (C=O) groups excluding carboxylic acids is 1. The van der Waals surface area contributed by atoms with Crippen LogP contribution in [0.15, 0.2) is 4.99 Å². The normalized spacial score (nSPS) is 16.4. The van der Waals surface area contributed by atoms with Crippen LogP contribution in [0, 0.1) is 11.8 Å². The molecule has 1 atom stereocenters. The maximum Gasteiger partial charge on any atom is 0.222 e. The number of halogens is 1. The van der Waals surface area contributed by atoms with E-state index in [0.717, 1.165) is 25.5 Å². The Hall–Kier alpha value is -0.570. The summed E-state index contributed by atoms with van der Waals surface area (Å²) < 4.78 is 5.94. The molecule has 0 spiro atoms. The Balaban J connectivity index is 0.00000576. The summed E-state index contributed by atoms with van der Waals surface area (Å²) in [6, 6.07) is 0. The van der Waals surface area contributed by atoms with Crippen molar-refractivity contribution in [2.75, 3.05) is 33.3 Å². The van der Waals surface area contributed by atoms with E-state index in [9.17, 15) is 4.79 Å². The molecule has 7 heteroatoms. The summed E-state index contributed by atoms with van der Waals surface area (Å²) in [6.07, 6.45) is 6.64. The Morgan fingerprint density at radius 2 is 1.72 bits per heavy atom. The van der Waals surface area contributed by atoms with Crippen LogP contribution in [0.2, 0.25) is 0 Å². The predicted octanol–water partition coefficient (Wildman–Crippen LogP) is 2.53. The molecule has 1 amide bonds. The van der Waals surface area contributed by atoms with Crippen LogP contribution in [0.5, 0.6) is 0 Å². The molecule has 0 aliphatic heterocycles. The first kappa shape index (κ1) is 24.4. The van der Waals surface area contributed by atoms with Crippen LogP contribution in [0.4, 0.5) is 0 Å². The second-order valence-corrected chi connectivity index (χ2v) is 6.70. The van der Waals surface area contributed by atoms with E-state index in [-0.39, 0.29) is 35.8 Å². The second kappa shape index (κ2) is 14.6. The molecule has 0 saturated heterocycles. The molecule has 148 valence electrons. The molecule has 1 fully saturated rings. The van der Waals surface area contributed by atoms with Crippen molar-refractivity contribution in [2.45, 2.75) is 59.0 Å². The quantitative estimate of drug-likeness (QED) is 0.199. The zero-order chi connectivity index (χ0) is 17.8. The predicted molar refractivity (Wildman–Crippen MR) is 115 cm³/mol. The molecule has 0 aromatic carbocycles. The molecule has 1 saturated carbocycles. The smallest absolute Gasteiger partial charge is 0.222 e. The number of aliphatic imine (C=N–C) groups is 1. The molecule has 0 bridgehead atoms. The van der Waals surface area contributed by atoms with E-state index in [2.05, 4.69) is 27.9 Å². The monoisotopic (exact) mass is 468 g/mol. The lowest BCUT2D eigenvalue weighted by molar-refractivity contribution is -0.123. The first-order valence-electron chi connectivity index (χ1n) is 9.42. The van der Waals surface area contributed by atoms with Crippen LogP contribution in [-0.4, -0.2) is 51.3 Å². The van der Waals surface area contributed by atoms with Gasteiger partial charge in [0, 0.05) is 39.2 Å². The fourth-order valence-electron chi connectivity index (χ4n) is 3.12. The number of nitrogens with one attached hydrogen (secondary N) is 3. The summed E-state index contributed by atoms with van der Waals surface area (Å²) in [5.41, 5.74) is 0. The first-order chi connectivity index (χ1) is 11.6. The standard InChI is InChI=1S/C18H36N4O2.HI/c1-5-24-16(15-8-6-7-9-15)10-11-21-18(19-4)22-13-12-20-17(23)14(2)3;/h14-16H,5-13H2,1-4H3,(H,20,23)(H2,19,21,22);1H. The van der Waals surface area contributed by atoms with Gasteiger partial charge in [-0.05, 0) is 32.1 Å². The highest BCUT2D eigenvalue weighted by Crippen LogP contribution is 2.30. The third-order valence-corrected chi connectivity index (χ3v) is 4.49. The largest absolute Gasteiger partial charge is 0.378 e. The molecule has 0 aromatic rings. The van der Waals surface area contributed by atoms with Crippen molar-refractivity contribution in [3.8, 4) is 0 Å². The Bertz CT molecular complexity index is 385. The van der Waals surface area contributed by atoms with Crippen LogP contribution >= 0.6 is 24.0 Å². The van der Waals surface area contributed by atoms with E-state index in [4.69, 9.17) is 4.74 Å². The van der Waals surface area contributed by atoms with Crippen molar-refractivity contribution in [3.63, 3.8) is 0 Å². The lowest BCUT2D eigenvalue weighted by Gasteiger charge is -2.24. The molecular weight excluding hydrogens is 431 g/mol. The van der Waals surface area contributed by atoms with Gasteiger partial charge >= 0.3 is 0 Å². The topological polar surface area (TPSA) is 74.8 Å². The number of hydrogen-bond acceptors (Lipinski definition) is 3. The summed E-state index contributed by atoms with van der Waals surface area (Å²) in [4.78, 5) is 15.7. The molecule has 0 aromatic heterocycles. The van der Waals surface area contributed by atoms with Crippen molar-refractivity contribution >= 4 is 35.8 Å². The SMILES string of the molecule is CCOC(CCNC(=NC)NCCNC(=O)C(C)C)C1CCCC1.I. The summed E-state index contributed by atoms with van der Waals surface area (Å²) in [5.74, 6) is 1.59. The maximum absolute atomic E-state index is 11.5. The van der Waals surface area contributed by atoms with Gasteiger partial charge in [0.25, 0.3) is 0 Å². The average molecular weight is 468 g/mol. The van der Waals surface area contributed by atoms with E-state index >= 15 is 0 Å². The van der Waals surface area contributed by atoms with Gasteiger partial charge in [-0.1, -0.05) is 26.7 Å². The Morgan fingerprint density at radius 3 is 2.28 bits per heavy atom. The third kappa shape index (κ3) is 10.2. The molecule has 1 unspecified atom stereocenters. The first-order valence-corrected chi connectivity index (χ1v) is 9.42. The molecule has 25 heavy (non-hydrogen) atoms. The number of ether oxygens (including phenoxy) is 1. The Morgan fingerprint density at radius 1 is 1.12 bits per heavy atom. The van der Waals surface area contributed by atoms with Gasteiger partial charge in [-0.15, -0.1) is 24.0 Å². The van der Waals surface area contributed by atoms with E-state index < -0.39 is 0 Å². The summed E-state index contributed by atoms with van der Waals surface area (Å²) in [5, 5.41) is 9.45. The Labute approximate surface area is 170 Å². The van der Waals surface area contributed by atoms with Gasteiger partial charge in [-0.3, -0.25) is 9.79 Å². The van der Waals surface area contributed by atoms with Gasteiger partial charge in [0.15, 0.2) is 5.96 Å². The van der Waals surface area contributed by atoms with Crippen molar-refractivity contribution in [2.24, 2.45) is 16.8 Å². The van der Waals surface area contributed by atoms with Crippen LogP contribution in [0.3, 0.4) is 0 Å². The van der Waals surface area contributed by atoms with Gasteiger partial charge in [0.1, 0.15) is 0 Å². The number of amides is 1. The zero-order valence-electron chi connectivity index (χ0n) is 16.3. The maximum atomic E-state index is 11.5. The van der Waals surface area contributed by atoms with E-state index in [1.54, 1.807) is 7.05 Å². The summed E-state index contributed by atoms with van der Waals surface area (Å²) in [7, 11) is 1.76. The van der Waals surface area contributed by atoms with Gasteiger partial charge < -0.3 is 20.7 Å². The second-order valence-electron chi connectivity index (χ2n) is 6.70. The number of rotatable bonds is 10. The minimum atomic E-state index is 0. The summed E-state index contributed by atoms with van der Waals surface area (Å²) >= 11 is 0. The molecule has 1 rings (SSSR count). The minimum absolute atomic E-state index is 0. The van der Waals surface area contributed by atoms with Crippen molar-refractivity contribution in [1.29, 1.82) is 0 Å². The molecule has 1 aliphatic rings. The van der Waals surface area contributed by atoms with Gasteiger partial charge in [0.05, 0.1) is 6.10 Å². The van der Waals surface area contributed by atoms with Gasteiger partial charge in [-0.2, -0.15) is 0 Å². The fourth-order valence-corrected chi connectivity index (χ4v) is 3.12. The lowest BCUT2D eigenvalue weighted by Crippen LogP contribution is -2.43. The molecule has 6 nitrogen and oxygen atoms in total. The summed E-state index contributed by atoms with van der Waals surface area (Å²) in [6.45, 7) is 8.74. The van der Waals surface area contributed by atoms with Crippen LogP contribution in [0.25, 0.3) is 0 Å². The van der Waals surface area contributed by atoms with Gasteiger partial charge in [-0.25, -0.2) is 0 Å². The molecule has 0 heterocycles. The van der Waals surface area contributed by atoms with Crippen LogP contribution in [-0.2, 0) is 9.53 Å². The fraction of sp³-hybridized carbons (Fsp3) is 0.889. The van der Waals surface area contributed by atoms with Crippen molar-refractivity contribution in [3.05, 3.63) is 0 Å². The van der Waals surface area contributed by atoms with E-state index in [1.165, 1.54) is 25.7 Å².